The maximum absolute atomic E-state index is 12.8. The molecule has 0 atom stereocenters. The first-order valence-corrected chi connectivity index (χ1v) is 10.6. The SMILES string of the molecule is Cc1cc(Oc2ccn(-c3ccc(C(F)(F)F)cc3)n2)c(C)cc1N=CN1CCCCC1. The number of hydrogen-bond donors (Lipinski definition) is 0. The molecule has 0 bridgehead atoms. The van der Waals surface area contributed by atoms with Crippen LogP contribution in [0.3, 0.4) is 0 Å². The second-order valence-electron chi connectivity index (χ2n) is 7.99. The van der Waals surface area contributed by atoms with Crippen molar-refractivity contribution in [3.8, 4) is 17.3 Å². The van der Waals surface area contributed by atoms with Crippen molar-refractivity contribution in [2.45, 2.75) is 39.3 Å². The summed E-state index contributed by atoms with van der Waals surface area (Å²) in [5.41, 5.74) is 2.63. The van der Waals surface area contributed by atoms with Crippen LogP contribution in [-0.4, -0.2) is 34.1 Å². The molecule has 0 saturated carbocycles. The lowest BCUT2D eigenvalue weighted by molar-refractivity contribution is -0.137. The summed E-state index contributed by atoms with van der Waals surface area (Å²) in [5, 5.41) is 4.34. The number of aliphatic imine (C=N–C) groups is 1. The van der Waals surface area contributed by atoms with Crippen molar-refractivity contribution < 1.29 is 17.9 Å². The lowest BCUT2D eigenvalue weighted by Gasteiger charge is -2.23. The van der Waals surface area contributed by atoms with Crippen molar-refractivity contribution in [3.63, 3.8) is 0 Å². The number of benzene rings is 2. The summed E-state index contributed by atoms with van der Waals surface area (Å²) in [6.45, 7) is 6.02. The molecular weight excluding hydrogens is 417 g/mol. The lowest BCUT2D eigenvalue weighted by Crippen LogP contribution is -2.28. The number of aromatic nitrogens is 2. The van der Waals surface area contributed by atoms with Crippen molar-refractivity contribution >= 4 is 12.0 Å². The Bertz CT molecular complexity index is 1100. The highest BCUT2D eigenvalue weighted by Gasteiger charge is 2.30. The van der Waals surface area contributed by atoms with Crippen molar-refractivity contribution in [2.24, 2.45) is 4.99 Å². The van der Waals surface area contributed by atoms with Crippen LogP contribution in [0.1, 0.15) is 36.0 Å². The lowest BCUT2D eigenvalue weighted by atomic mass is 10.1. The van der Waals surface area contributed by atoms with Gasteiger partial charge in [-0.1, -0.05) is 0 Å². The average molecular weight is 442 g/mol. The quantitative estimate of drug-likeness (QED) is 0.337. The summed E-state index contributed by atoms with van der Waals surface area (Å²) >= 11 is 0. The van der Waals surface area contributed by atoms with Crippen molar-refractivity contribution in [1.29, 1.82) is 0 Å². The van der Waals surface area contributed by atoms with Gasteiger partial charge in [0.25, 0.3) is 0 Å². The first-order valence-electron chi connectivity index (χ1n) is 10.6. The summed E-state index contributed by atoms with van der Waals surface area (Å²) in [7, 11) is 0. The van der Waals surface area contributed by atoms with Crippen LogP contribution >= 0.6 is 0 Å². The van der Waals surface area contributed by atoms with Crippen LogP contribution in [0.4, 0.5) is 18.9 Å². The van der Waals surface area contributed by atoms with Gasteiger partial charge in [-0.3, -0.25) is 0 Å². The summed E-state index contributed by atoms with van der Waals surface area (Å²) in [6.07, 6.45) is 2.90. The Labute approximate surface area is 185 Å². The standard InChI is InChI=1S/C24H25F3N4O/c1-17-15-22(18(2)14-21(17)28-16-30-11-4-3-5-12-30)32-23-10-13-31(29-23)20-8-6-19(7-9-20)24(25,26)27/h6-10,13-16H,3-5,11-12H2,1-2H3. The predicted octanol–water partition coefficient (Wildman–Crippen LogP) is 6.45. The van der Waals surface area contributed by atoms with Crippen molar-refractivity contribution in [2.75, 3.05) is 13.1 Å². The van der Waals surface area contributed by atoms with E-state index in [0.29, 0.717) is 17.3 Å². The molecule has 168 valence electrons. The molecule has 5 nitrogen and oxygen atoms in total. The van der Waals surface area contributed by atoms with E-state index in [2.05, 4.69) is 15.0 Å². The normalized spacial score (nSPS) is 14.8. The number of alkyl halides is 3. The van der Waals surface area contributed by atoms with Gasteiger partial charge in [0.05, 0.1) is 23.3 Å². The first-order chi connectivity index (χ1) is 15.3. The maximum Gasteiger partial charge on any atom is 0.416 e. The monoisotopic (exact) mass is 442 g/mol. The fraction of sp³-hybridized carbons (Fsp3) is 0.333. The van der Waals surface area contributed by atoms with Crippen LogP contribution in [0.5, 0.6) is 11.6 Å². The van der Waals surface area contributed by atoms with Gasteiger partial charge in [-0.15, -0.1) is 5.10 Å². The van der Waals surface area contributed by atoms with Crippen LogP contribution in [-0.2, 0) is 6.18 Å². The van der Waals surface area contributed by atoms with E-state index < -0.39 is 11.7 Å². The zero-order chi connectivity index (χ0) is 22.7. The van der Waals surface area contributed by atoms with Gasteiger partial charge < -0.3 is 9.64 Å². The fourth-order valence-corrected chi connectivity index (χ4v) is 3.62. The number of likely N-dealkylation sites (tertiary alicyclic amines) is 1. The Morgan fingerprint density at radius 2 is 1.69 bits per heavy atom. The third-order valence-corrected chi connectivity index (χ3v) is 5.48. The fourth-order valence-electron chi connectivity index (χ4n) is 3.62. The summed E-state index contributed by atoms with van der Waals surface area (Å²) in [5.74, 6) is 1.02. The average Bonchev–Trinajstić information content (AvgIpc) is 3.24. The molecule has 0 radical (unpaired) electrons. The number of piperidine rings is 1. The molecule has 2 heterocycles. The summed E-state index contributed by atoms with van der Waals surface area (Å²) < 4.78 is 45.7. The van der Waals surface area contributed by atoms with E-state index in [1.165, 1.54) is 36.1 Å². The molecule has 1 fully saturated rings. The maximum atomic E-state index is 12.8. The van der Waals surface area contributed by atoms with Gasteiger partial charge in [0.2, 0.25) is 5.88 Å². The molecule has 0 unspecified atom stereocenters. The molecular formula is C24H25F3N4O. The molecule has 32 heavy (non-hydrogen) atoms. The minimum atomic E-state index is -4.36. The van der Waals surface area contributed by atoms with Gasteiger partial charge in [0.15, 0.2) is 0 Å². The number of rotatable bonds is 5. The van der Waals surface area contributed by atoms with E-state index in [0.717, 1.165) is 42.0 Å². The molecule has 0 spiro atoms. The molecule has 8 heteroatoms. The molecule has 1 saturated heterocycles. The molecule has 1 aliphatic rings. The van der Waals surface area contributed by atoms with Gasteiger partial charge in [0, 0.05) is 25.4 Å². The predicted molar refractivity (Wildman–Crippen MR) is 118 cm³/mol. The number of hydrogen-bond acceptors (Lipinski definition) is 3. The van der Waals surface area contributed by atoms with Crippen LogP contribution in [0.15, 0.2) is 53.7 Å². The Hall–Kier alpha value is -3.29. The van der Waals surface area contributed by atoms with E-state index in [-0.39, 0.29) is 0 Å². The van der Waals surface area contributed by atoms with E-state index in [1.807, 2.05) is 32.3 Å². The zero-order valence-corrected chi connectivity index (χ0v) is 18.1. The largest absolute Gasteiger partial charge is 0.437 e. The van der Waals surface area contributed by atoms with Crippen LogP contribution in [0.2, 0.25) is 0 Å². The Morgan fingerprint density at radius 1 is 0.969 bits per heavy atom. The highest BCUT2D eigenvalue weighted by molar-refractivity contribution is 5.65. The second-order valence-corrected chi connectivity index (χ2v) is 7.99. The number of aryl methyl sites for hydroxylation is 2. The molecule has 0 aliphatic carbocycles. The summed E-state index contributed by atoms with van der Waals surface area (Å²) in [4.78, 5) is 6.90. The minimum absolute atomic E-state index is 0.358. The number of halogens is 3. The van der Waals surface area contributed by atoms with Gasteiger partial charge in [-0.05, 0) is 80.6 Å². The highest BCUT2D eigenvalue weighted by Crippen LogP contribution is 2.32. The van der Waals surface area contributed by atoms with E-state index >= 15 is 0 Å². The van der Waals surface area contributed by atoms with Crippen LogP contribution < -0.4 is 4.74 Å². The first kappa shape index (κ1) is 21.9. The van der Waals surface area contributed by atoms with E-state index in [1.54, 1.807) is 12.3 Å². The Balaban J connectivity index is 1.47. The molecule has 4 rings (SSSR count). The Kier molecular flexibility index (Phi) is 6.21. The van der Waals surface area contributed by atoms with Gasteiger partial charge in [-0.25, -0.2) is 9.67 Å². The number of ether oxygens (including phenoxy) is 1. The van der Waals surface area contributed by atoms with Gasteiger partial charge in [-0.2, -0.15) is 13.2 Å². The molecule has 3 aromatic rings. The van der Waals surface area contributed by atoms with Crippen molar-refractivity contribution in [3.05, 3.63) is 65.4 Å². The Morgan fingerprint density at radius 3 is 2.38 bits per heavy atom. The third-order valence-electron chi connectivity index (χ3n) is 5.48. The topological polar surface area (TPSA) is 42.6 Å². The van der Waals surface area contributed by atoms with Crippen molar-refractivity contribution in [1.82, 2.24) is 14.7 Å². The van der Waals surface area contributed by atoms with Crippen LogP contribution in [0.25, 0.3) is 5.69 Å². The third kappa shape index (κ3) is 5.12. The zero-order valence-electron chi connectivity index (χ0n) is 18.1. The summed E-state index contributed by atoms with van der Waals surface area (Å²) in [6, 6.07) is 10.4. The molecule has 2 aromatic carbocycles. The minimum Gasteiger partial charge on any atom is -0.437 e. The van der Waals surface area contributed by atoms with Crippen LogP contribution in [0, 0.1) is 13.8 Å². The van der Waals surface area contributed by atoms with Gasteiger partial charge in [0.1, 0.15) is 5.75 Å². The van der Waals surface area contributed by atoms with E-state index in [9.17, 15) is 13.2 Å². The molecule has 1 aromatic heterocycles. The number of nitrogens with zero attached hydrogens (tertiary/aromatic N) is 4. The second kappa shape index (κ2) is 9.06. The molecule has 0 amide bonds. The molecule has 1 aliphatic heterocycles. The van der Waals surface area contributed by atoms with E-state index in [4.69, 9.17) is 4.74 Å². The smallest absolute Gasteiger partial charge is 0.416 e. The van der Waals surface area contributed by atoms with Gasteiger partial charge >= 0.3 is 6.18 Å². The highest BCUT2D eigenvalue weighted by atomic mass is 19.4. The molecule has 0 N–H and O–H groups in total.